The maximum Gasteiger partial charge on any atom is -0.0118 e. The first-order valence-corrected chi connectivity index (χ1v) is 10.9. The number of hydrogen-bond acceptors (Lipinski definition) is 0. The van der Waals surface area contributed by atoms with Gasteiger partial charge in [0.2, 0.25) is 0 Å². The maximum absolute atomic E-state index is 2.47. The molecular formula is C27H32. The van der Waals surface area contributed by atoms with Crippen LogP contribution in [0.25, 0.3) is 10.8 Å². The Bertz CT molecular complexity index is 918. The van der Waals surface area contributed by atoms with E-state index in [9.17, 15) is 0 Å². The predicted molar refractivity (Wildman–Crippen MR) is 118 cm³/mol. The second-order valence-electron chi connectivity index (χ2n) is 8.34. The third-order valence-electron chi connectivity index (χ3n) is 6.26. The summed E-state index contributed by atoms with van der Waals surface area (Å²) in [5.41, 5.74) is 7.68. The fourth-order valence-corrected chi connectivity index (χ4v) is 4.64. The molecule has 0 heterocycles. The van der Waals surface area contributed by atoms with E-state index in [1.807, 2.05) is 0 Å². The summed E-state index contributed by atoms with van der Waals surface area (Å²) in [6.07, 6.45) is 9.90. The van der Waals surface area contributed by atoms with Gasteiger partial charge in [0, 0.05) is 0 Å². The Balaban J connectivity index is 1.54. The summed E-state index contributed by atoms with van der Waals surface area (Å²) in [5, 5.41) is 2.80. The predicted octanol–water partition coefficient (Wildman–Crippen LogP) is 7.41. The average molecular weight is 357 g/mol. The molecule has 0 aliphatic heterocycles. The first-order chi connectivity index (χ1) is 13.3. The topological polar surface area (TPSA) is 0 Å². The molecule has 0 fully saturated rings. The number of hydrogen-bond donors (Lipinski definition) is 0. The Hall–Kier alpha value is -2.08. The standard InChI is InChI=1S/C27H32/c1-3-5-7-21-9-11-25-19-27(15-13-23(25)17-21)26-14-12-22-16-20(6-4-2)8-10-24(22)18-26/h8-11,13,15-17,19,26H,3-7,12,14,18H2,1-2H3. The quantitative estimate of drug-likeness (QED) is 0.431. The number of rotatable bonds is 6. The van der Waals surface area contributed by atoms with Gasteiger partial charge < -0.3 is 0 Å². The molecule has 0 aromatic heterocycles. The molecule has 1 aliphatic rings. The van der Waals surface area contributed by atoms with Crippen LogP contribution < -0.4 is 0 Å². The molecule has 4 rings (SSSR count). The van der Waals surface area contributed by atoms with E-state index in [-0.39, 0.29) is 0 Å². The minimum Gasteiger partial charge on any atom is -0.0654 e. The highest BCUT2D eigenvalue weighted by Crippen LogP contribution is 2.34. The van der Waals surface area contributed by atoms with Crippen molar-refractivity contribution < 1.29 is 0 Å². The first kappa shape index (κ1) is 18.3. The normalized spacial score (nSPS) is 16.4. The summed E-state index contributed by atoms with van der Waals surface area (Å²) in [4.78, 5) is 0. The zero-order valence-corrected chi connectivity index (χ0v) is 16.9. The molecule has 0 amide bonds. The van der Waals surface area contributed by atoms with Gasteiger partial charge in [0.1, 0.15) is 0 Å². The minimum atomic E-state index is 0.665. The van der Waals surface area contributed by atoms with Gasteiger partial charge in [-0.05, 0) is 83.0 Å². The Labute approximate surface area is 164 Å². The molecule has 1 aliphatic carbocycles. The third kappa shape index (κ3) is 4.10. The second kappa shape index (κ2) is 8.30. The van der Waals surface area contributed by atoms with Crippen molar-refractivity contribution >= 4 is 10.8 Å². The van der Waals surface area contributed by atoms with Crippen molar-refractivity contribution in [1.29, 1.82) is 0 Å². The fraction of sp³-hybridized carbons (Fsp3) is 0.407. The van der Waals surface area contributed by atoms with Crippen LogP contribution in [0.2, 0.25) is 0 Å². The molecule has 0 saturated heterocycles. The van der Waals surface area contributed by atoms with Gasteiger partial charge in [0.05, 0.1) is 0 Å². The number of unbranched alkanes of at least 4 members (excludes halogenated alkanes) is 1. The number of benzene rings is 3. The summed E-state index contributed by atoms with van der Waals surface area (Å²) < 4.78 is 0. The SMILES string of the molecule is CCCCc1ccc2cc(C3CCc4cc(CCC)ccc4C3)ccc2c1. The van der Waals surface area contributed by atoms with Gasteiger partial charge in [-0.25, -0.2) is 0 Å². The van der Waals surface area contributed by atoms with E-state index >= 15 is 0 Å². The highest BCUT2D eigenvalue weighted by atomic mass is 14.2. The third-order valence-corrected chi connectivity index (χ3v) is 6.26. The van der Waals surface area contributed by atoms with Gasteiger partial charge in [0.15, 0.2) is 0 Å². The van der Waals surface area contributed by atoms with Crippen LogP contribution in [-0.2, 0) is 25.7 Å². The summed E-state index contributed by atoms with van der Waals surface area (Å²) in [5.74, 6) is 0.665. The summed E-state index contributed by atoms with van der Waals surface area (Å²) in [7, 11) is 0. The molecule has 0 bridgehead atoms. The van der Waals surface area contributed by atoms with Gasteiger partial charge in [-0.15, -0.1) is 0 Å². The van der Waals surface area contributed by atoms with Crippen LogP contribution in [0.3, 0.4) is 0 Å². The summed E-state index contributed by atoms with van der Waals surface area (Å²) >= 11 is 0. The molecule has 1 atom stereocenters. The second-order valence-corrected chi connectivity index (χ2v) is 8.34. The van der Waals surface area contributed by atoms with Crippen molar-refractivity contribution in [3.8, 4) is 0 Å². The smallest absolute Gasteiger partial charge is 0.0118 e. The largest absolute Gasteiger partial charge is 0.0654 e. The van der Waals surface area contributed by atoms with Crippen LogP contribution in [0.5, 0.6) is 0 Å². The number of aryl methyl sites for hydroxylation is 3. The van der Waals surface area contributed by atoms with E-state index < -0.39 is 0 Å². The molecule has 1 unspecified atom stereocenters. The van der Waals surface area contributed by atoms with Crippen LogP contribution >= 0.6 is 0 Å². The van der Waals surface area contributed by atoms with E-state index in [2.05, 4.69) is 68.4 Å². The van der Waals surface area contributed by atoms with Gasteiger partial charge in [-0.2, -0.15) is 0 Å². The van der Waals surface area contributed by atoms with Gasteiger partial charge in [-0.3, -0.25) is 0 Å². The molecule has 0 spiro atoms. The van der Waals surface area contributed by atoms with Crippen LogP contribution in [0.4, 0.5) is 0 Å². The summed E-state index contributed by atoms with van der Waals surface area (Å²) in [6.45, 7) is 4.53. The van der Waals surface area contributed by atoms with E-state index in [1.165, 1.54) is 78.8 Å². The lowest BCUT2D eigenvalue weighted by Crippen LogP contribution is -2.13. The molecular weight excluding hydrogens is 324 g/mol. The molecule has 140 valence electrons. The lowest BCUT2D eigenvalue weighted by atomic mass is 9.79. The van der Waals surface area contributed by atoms with Crippen LogP contribution in [0, 0.1) is 0 Å². The van der Waals surface area contributed by atoms with Gasteiger partial charge >= 0.3 is 0 Å². The summed E-state index contributed by atoms with van der Waals surface area (Å²) in [6, 6.07) is 21.4. The van der Waals surface area contributed by atoms with Crippen molar-refractivity contribution in [2.45, 2.75) is 71.1 Å². The monoisotopic (exact) mass is 356 g/mol. The Morgan fingerprint density at radius 1 is 0.741 bits per heavy atom. The van der Waals surface area contributed by atoms with Crippen molar-refractivity contribution in [2.75, 3.05) is 0 Å². The molecule has 0 radical (unpaired) electrons. The minimum absolute atomic E-state index is 0.665. The van der Waals surface area contributed by atoms with Crippen LogP contribution in [0.15, 0.2) is 54.6 Å². The van der Waals surface area contributed by atoms with Crippen molar-refractivity contribution in [3.63, 3.8) is 0 Å². The molecule has 0 heteroatoms. The highest BCUT2D eigenvalue weighted by Gasteiger charge is 2.20. The lowest BCUT2D eigenvalue weighted by Gasteiger charge is -2.26. The van der Waals surface area contributed by atoms with Crippen molar-refractivity contribution in [1.82, 2.24) is 0 Å². The van der Waals surface area contributed by atoms with Gasteiger partial charge in [0.25, 0.3) is 0 Å². The van der Waals surface area contributed by atoms with Crippen molar-refractivity contribution in [3.05, 3.63) is 82.4 Å². The zero-order valence-electron chi connectivity index (χ0n) is 16.9. The Morgan fingerprint density at radius 2 is 1.52 bits per heavy atom. The van der Waals surface area contributed by atoms with E-state index in [1.54, 1.807) is 11.1 Å². The van der Waals surface area contributed by atoms with Crippen LogP contribution in [-0.4, -0.2) is 0 Å². The van der Waals surface area contributed by atoms with Gasteiger partial charge in [-0.1, -0.05) is 81.3 Å². The zero-order chi connectivity index (χ0) is 18.6. The average Bonchev–Trinajstić information content (AvgIpc) is 2.71. The Morgan fingerprint density at radius 3 is 2.37 bits per heavy atom. The molecule has 27 heavy (non-hydrogen) atoms. The Kier molecular flexibility index (Phi) is 5.62. The van der Waals surface area contributed by atoms with E-state index in [4.69, 9.17) is 0 Å². The lowest BCUT2D eigenvalue weighted by molar-refractivity contribution is 0.584. The molecule has 3 aromatic rings. The number of fused-ring (bicyclic) bond motifs is 2. The fourth-order valence-electron chi connectivity index (χ4n) is 4.64. The molecule has 0 saturated carbocycles. The van der Waals surface area contributed by atoms with Crippen LogP contribution in [0.1, 0.15) is 73.3 Å². The molecule has 0 N–H and O–H groups in total. The van der Waals surface area contributed by atoms with E-state index in [0.29, 0.717) is 5.92 Å². The molecule has 0 nitrogen and oxygen atoms in total. The van der Waals surface area contributed by atoms with E-state index in [0.717, 1.165) is 0 Å². The maximum atomic E-state index is 2.47. The van der Waals surface area contributed by atoms with Crippen molar-refractivity contribution in [2.24, 2.45) is 0 Å². The first-order valence-electron chi connectivity index (χ1n) is 10.9. The highest BCUT2D eigenvalue weighted by molar-refractivity contribution is 5.84. The molecule has 3 aromatic carbocycles.